The minimum atomic E-state index is -0.00608. The largest absolute Gasteiger partial charge is 0.351 e. The summed E-state index contributed by atoms with van der Waals surface area (Å²) in [6.07, 6.45) is 5.29. The average Bonchev–Trinajstić information content (AvgIpc) is 3.13. The van der Waals surface area contributed by atoms with Crippen LogP contribution < -0.4 is 5.32 Å². The van der Waals surface area contributed by atoms with Gasteiger partial charge in [-0.05, 0) is 50.3 Å². The molecule has 0 unspecified atom stereocenters. The normalized spacial score (nSPS) is 22.9. The Hall–Kier alpha value is -1.42. The second kappa shape index (κ2) is 5.92. The molecule has 0 aromatic carbocycles. The molecule has 0 spiro atoms. The quantitative estimate of drug-likeness (QED) is 0.895. The summed E-state index contributed by atoms with van der Waals surface area (Å²) in [4.78, 5) is 18.3. The van der Waals surface area contributed by atoms with E-state index in [2.05, 4.69) is 22.3 Å². The fourth-order valence-electron chi connectivity index (χ4n) is 3.01. The van der Waals surface area contributed by atoms with Crippen molar-refractivity contribution < 1.29 is 4.79 Å². The van der Waals surface area contributed by atoms with Crippen molar-refractivity contribution >= 4 is 5.91 Å². The van der Waals surface area contributed by atoms with Gasteiger partial charge in [-0.1, -0.05) is 6.07 Å². The predicted octanol–water partition coefficient (Wildman–Crippen LogP) is 2.26. The molecule has 2 aliphatic rings. The van der Waals surface area contributed by atoms with Crippen LogP contribution in [0.15, 0.2) is 18.2 Å². The van der Waals surface area contributed by atoms with Gasteiger partial charge < -0.3 is 5.32 Å². The zero-order valence-corrected chi connectivity index (χ0v) is 12.1. The summed E-state index contributed by atoms with van der Waals surface area (Å²) < 4.78 is 0. The maximum Gasteiger partial charge on any atom is 0.217 e. The van der Waals surface area contributed by atoms with Gasteiger partial charge in [-0.3, -0.25) is 14.7 Å². The summed E-state index contributed by atoms with van der Waals surface area (Å²) in [6.45, 7) is 4.51. The monoisotopic (exact) mass is 273 g/mol. The van der Waals surface area contributed by atoms with Crippen molar-refractivity contribution in [3.05, 3.63) is 29.6 Å². The molecule has 108 valence electrons. The van der Waals surface area contributed by atoms with E-state index in [4.69, 9.17) is 4.98 Å². The molecule has 4 nitrogen and oxygen atoms in total. The van der Waals surface area contributed by atoms with Crippen LogP contribution >= 0.6 is 0 Å². The molecule has 1 atom stereocenters. The number of hydrogen-bond acceptors (Lipinski definition) is 3. The van der Waals surface area contributed by atoms with Gasteiger partial charge in [-0.25, -0.2) is 0 Å². The minimum absolute atomic E-state index is 0.00608. The zero-order chi connectivity index (χ0) is 13.9. The van der Waals surface area contributed by atoms with E-state index in [0.29, 0.717) is 12.6 Å². The standard InChI is InChI=1S/C16H23N3O/c1-12(20)17-10-14-4-2-5-15(18-14)16-6-3-9-19(16)11-13-7-8-13/h2,4-5,13,16H,3,6-11H2,1H3,(H,17,20)/t16-/m1/s1. The third kappa shape index (κ3) is 3.37. The number of nitrogens with zero attached hydrogens (tertiary/aromatic N) is 2. The second-order valence-electron chi connectivity index (χ2n) is 6.06. The molecule has 1 saturated carbocycles. The molecule has 0 radical (unpaired) electrons. The summed E-state index contributed by atoms with van der Waals surface area (Å²) in [5.74, 6) is 0.923. The molecule has 1 saturated heterocycles. The van der Waals surface area contributed by atoms with Crippen LogP contribution in [0, 0.1) is 5.92 Å². The summed E-state index contributed by atoms with van der Waals surface area (Å²) >= 11 is 0. The molecule has 1 aromatic heterocycles. The number of rotatable bonds is 5. The summed E-state index contributed by atoms with van der Waals surface area (Å²) in [6, 6.07) is 6.66. The van der Waals surface area contributed by atoms with Gasteiger partial charge in [0.1, 0.15) is 0 Å². The van der Waals surface area contributed by atoms with Gasteiger partial charge in [-0.2, -0.15) is 0 Å². The summed E-state index contributed by atoms with van der Waals surface area (Å²) in [5, 5.41) is 2.82. The molecule has 1 aromatic rings. The van der Waals surface area contributed by atoms with Crippen LogP contribution in [0.25, 0.3) is 0 Å². The van der Waals surface area contributed by atoms with E-state index >= 15 is 0 Å². The Morgan fingerprint density at radius 3 is 3.00 bits per heavy atom. The van der Waals surface area contributed by atoms with Crippen LogP contribution in [0.5, 0.6) is 0 Å². The molecule has 3 rings (SSSR count). The van der Waals surface area contributed by atoms with Crippen molar-refractivity contribution in [3.8, 4) is 0 Å². The fraction of sp³-hybridized carbons (Fsp3) is 0.625. The first kappa shape index (κ1) is 13.6. The topological polar surface area (TPSA) is 45.2 Å². The molecule has 2 fully saturated rings. The van der Waals surface area contributed by atoms with E-state index in [-0.39, 0.29) is 5.91 Å². The number of pyridine rings is 1. The van der Waals surface area contributed by atoms with E-state index in [1.807, 2.05) is 6.07 Å². The number of aromatic nitrogens is 1. The van der Waals surface area contributed by atoms with Crippen molar-refractivity contribution in [2.45, 2.75) is 45.2 Å². The van der Waals surface area contributed by atoms with Crippen molar-refractivity contribution in [2.24, 2.45) is 5.92 Å². The van der Waals surface area contributed by atoms with E-state index in [1.54, 1.807) is 0 Å². The van der Waals surface area contributed by atoms with E-state index in [9.17, 15) is 4.79 Å². The number of nitrogens with one attached hydrogen (secondary N) is 1. The number of carbonyl (C=O) groups is 1. The van der Waals surface area contributed by atoms with Gasteiger partial charge in [0, 0.05) is 13.5 Å². The van der Waals surface area contributed by atoms with Crippen molar-refractivity contribution in [2.75, 3.05) is 13.1 Å². The maximum atomic E-state index is 11.0. The van der Waals surface area contributed by atoms with E-state index in [1.165, 1.54) is 51.4 Å². The molecule has 0 bridgehead atoms. The van der Waals surface area contributed by atoms with Gasteiger partial charge in [0.15, 0.2) is 0 Å². The van der Waals surface area contributed by atoms with E-state index in [0.717, 1.165) is 11.6 Å². The SMILES string of the molecule is CC(=O)NCc1cccc([C@H]2CCCN2CC2CC2)n1. The lowest BCUT2D eigenvalue weighted by Crippen LogP contribution is -2.26. The highest BCUT2D eigenvalue weighted by atomic mass is 16.1. The number of hydrogen-bond donors (Lipinski definition) is 1. The van der Waals surface area contributed by atoms with Crippen LogP contribution in [0.2, 0.25) is 0 Å². The lowest BCUT2D eigenvalue weighted by atomic mass is 10.1. The lowest BCUT2D eigenvalue weighted by molar-refractivity contribution is -0.119. The summed E-state index contributed by atoms with van der Waals surface area (Å²) in [7, 11) is 0. The third-order valence-corrected chi connectivity index (χ3v) is 4.24. The van der Waals surface area contributed by atoms with Crippen LogP contribution in [-0.2, 0) is 11.3 Å². The average molecular weight is 273 g/mol. The molecule has 2 heterocycles. The maximum absolute atomic E-state index is 11.0. The van der Waals surface area contributed by atoms with Crippen LogP contribution in [0.3, 0.4) is 0 Å². The Morgan fingerprint density at radius 1 is 1.40 bits per heavy atom. The highest BCUT2D eigenvalue weighted by Gasteiger charge is 2.32. The van der Waals surface area contributed by atoms with Crippen molar-refractivity contribution in [3.63, 3.8) is 0 Å². The fourth-order valence-corrected chi connectivity index (χ4v) is 3.01. The first-order chi connectivity index (χ1) is 9.72. The van der Waals surface area contributed by atoms with Gasteiger partial charge in [-0.15, -0.1) is 0 Å². The lowest BCUT2D eigenvalue weighted by Gasteiger charge is -2.24. The zero-order valence-electron chi connectivity index (χ0n) is 12.1. The molecule has 1 aliphatic heterocycles. The number of carbonyl (C=O) groups excluding carboxylic acids is 1. The first-order valence-corrected chi connectivity index (χ1v) is 7.66. The minimum Gasteiger partial charge on any atom is -0.351 e. The molecule has 1 aliphatic carbocycles. The predicted molar refractivity (Wildman–Crippen MR) is 78.0 cm³/mol. The molecule has 20 heavy (non-hydrogen) atoms. The second-order valence-corrected chi connectivity index (χ2v) is 6.06. The number of amides is 1. The van der Waals surface area contributed by atoms with Gasteiger partial charge in [0.25, 0.3) is 0 Å². The number of likely N-dealkylation sites (tertiary alicyclic amines) is 1. The Balaban J connectivity index is 1.68. The Bertz CT molecular complexity index is 484. The molecule has 1 amide bonds. The highest BCUT2D eigenvalue weighted by Crippen LogP contribution is 2.37. The molecular formula is C16H23N3O. The molecular weight excluding hydrogens is 250 g/mol. The third-order valence-electron chi connectivity index (χ3n) is 4.24. The Labute approximate surface area is 120 Å². The van der Waals surface area contributed by atoms with Crippen LogP contribution in [0.1, 0.15) is 50.0 Å². The molecule has 1 N–H and O–H groups in total. The first-order valence-electron chi connectivity index (χ1n) is 7.66. The summed E-state index contributed by atoms with van der Waals surface area (Å²) in [5.41, 5.74) is 2.13. The molecule has 4 heteroatoms. The highest BCUT2D eigenvalue weighted by molar-refractivity contribution is 5.72. The van der Waals surface area contributed by atoms with Crippen molar-refractivity contribution in [1.82, 2.24) is 15.2 Å². The van der Waals surface area contributed by atoms with Gasteiger partial charge in [0.05, 0.1) is 24.0 Å². The Morgan fingerprint density at radius 2 is 2.25 bits per heavy atom. The van der Waals surface area contributed by atoms with Crippen molar-refractivity contribution in [1.29, 1.82) is 0 Å². The Kier molecular flexibility index (Phi) is 4.01. The van der Waals surface area contributed by atoms with Gasteiger partial charge >= 0.3 is 0 Å². The van der Waals surface area contributed by atoms with E-state index < -0.39 is 0 Å². The van der Waals surface area contributed by atoms with Gasteiger partial charge in [0.2, 0.25) is 5.91 Å². The smallest absolute Gasteiger partial charge is 0.217 e. The van der Waals surface area contributed by atoms with Crippen LogP contribution in [-0.4, -0.2) is 28.9 Å². The van der Waals surface area contributed by atoms with Crippen LogP contribution in [0.4, 0.5) is 0 Å².